The summed E-state index contributed by atoms with van der Waals surface area (Å²) in [5, 5.41) is 9.50. The normalized spacial score (nSPS) is 29.0. The molecular formula is C12H17NO. The van der Waals surface area contributed by atoms with E-state index in [1.807, 2.05) is 6.07 Å². The predicted octanol–water partition coefficient (Wildman–Crippen LogP) is 1.81. The van der Waals surface area contributed by atoms with Gasteiger partial charge in [0.15, 0.2) is 0 Å². The summed E-state index contributed by atoms with van der Waals surface area (Å²) in [4.78, 5) is 2.24. The van der Waals surface area contributed by atoms with Gasteiger partial charge in [-0.05, 0) is 25.5 Å². The molecular weight excluding hydrogens is 174 g/mol. The number of aliphatic hydroxyl groups excluding tert-OH is 1. The van der Waals surface area contributed by atoms with Crippen LogP contribution >= 0.6 is 0 Å². The predicted molar refractivity (Wildman–Crippen MR) is 57.1 cm³/mol. The number of likely N-dealkylation sites (tertiary alicyclic amines) is 1. The molecule has 0 saturated carbocycles. The first-order valence-corrected chi connectivity index (χ1v) is 5.20. The molecule has 76 valence electrons. The van der Waals surface area contributed by atoms with Gasteiger partial charge in [-0.25, -0.2) is 0 Å². The Kier molecular flexibility index (Phi) is 2.85. The van der Waals surface area contributed by atoms with Crippen molar-refractivity contribution in [3.05, 3.63) is 35.9 Å². The van der Waals surface area contributed by atoms with Crippen LogP contribution in [0.2, 0.25) is 0 Å². The van der Waals surface area contributed by atoms with Crippen molar-refractivity contribution < 1.29 is 5.11 Å². The van der Waals surface area contributed by atoms with Crippen molar-refractivity contribution in [2.24, 2.45) is 0 Å². The molecule has 2 heteroatoms. The summed E-state index contributed by atoms with van der Waals surface area (Å²) in [6.07, 6.45) is 1.84. The zero-order valence-corrected chi connectivity index (χ0v) is 8.56. The summed E-state index contributed by atoms with van der Waals surface area (Å²) in [6.45, 7) is 0.791. The lowest BCUT2D eigenvalue weighted by atomic mass is 9.95. The molecule has 2 atom stereocenters. The fourth-order valence-electron chi connectivity index (χ4n) is 2.22. The van der Waals surface area contributed by atoms with Crippen LogP contribution in [0.25, 0.3) is 0 Å². The zero-order chi connectivity index (χ0) is 9.97. The van der Waals surface area contributed by atoms with Crippen molar-refractivity contribution in [1.29, 1.82) is 0 Å². The maximum Gasteiger partial charge on any atom is 0.0667 e. The molecule has 0 spiro atoms. The van der Waals surface area contributed by atoms with Crippen LogP contribution in [0.15, 0.2) is 30.3 Å². The van der Waals surface area contributed by atoms with Gasteiger partial charge in [0.05, 0.1) is 6.10 Å². The van der Waals surface area contributed by atoms with Crippen molar-refractivity contribution in [3.63, 3.8) is 0 Å². The van der Waals surface area contributed by atoms with Gasteiger partial charge in [0.1, 0.15) is 0 Å². The first-order chi connectivity index (χ1) is 6.77. The van der Waals surface area contributed by atoms with E-state index in [-0.39, 0.29) is 6.10 Å². The van der Waals surface area contributed by atoms with E-state index in [0.29, 0.717) is 6.04 Å². The Labute approximate surface area is 85.2 Å². The summed E-state index contributed by atoms with van der Waals surface area (Å²) in [7, 11) is 2.08. The molecule has 0 unspecified atom stereocenters. The molecule has 0 aromatic heterocycles. The Hall–Kier alpha value is -0.860. The van der Waals surface area contributed by atoms with E-state index in [1.54, 1.807) is 0 Å². The highest BCUT2D eigenvalue weighted by Gasteiger charge is 2.24. The van der Waals surface area contributed by atoms with Gasteiger partial charge in [0, 0.05) is 12.6 Å². The summed E-state index contributed by atoms with van der Waals surface area (Å²) in [6, 6.07) is 11.0. The second-order valence-corrected chi connectivity index (χ2v) is 4.10. The lowest BCUT2D eigenvalue weighted by Gasteiger charge is -2.35. The van der Waals surface area contributed by atoms with Crippen LogP contribution in [0, 0.1) is 0 Å². The van der Waals surface area contributed by atoms with E-state index in [2.05, 4.69) is 36.2 Å². The van der Waals surface area contributed by atoms with Crippen LogP contribution < -0.4 is 0 Å². The highest BCUT2D eigenvalue weighted by molar-refractivity contribution is 5.19. The van der Waals surface area contributed by atoms with Crippen LogP contribution in [0.3, 0.4) is 0 Å². The highest BCUT2D eigenvalue weighted by Crippen LogP contribution is 2.29. The largest absolute Gasteiger partial charge is 0.392 e. The first-order valence-electron chi connectivity index (χ1n) is 5.20. The summed E-state index contributed by atoms with van der Waals surface area (Å²) in [5.74, 6) is 0. The minimum absolute atomic E-state index is 0.139. The van der Waals surface area contributed by atoms with Gasteiger partial charge in [-0.1, -0.05) is 30.3 Å². The highest BCUT2D eigenvalue weighted by atomic mass is 16.3. The number of aliphatic hydroxyl groups is 1. The van der Waals surface area contributed by atoms with Crippen LogP contribution in [0.5, 0.6) is 0 Å². The van der Waals surface area contributed by atoms with Gasteiger partial charge in [0.25, 0.3) is 0 Å². The molecule has 1 aliphatic rings. The quantitative estimate of drug-likeness (QED) is 0.732. The van der Waals surface area contributed by atoms with E-state index in [1.165, 1.54) is 5.56 Å². The van der Waals surface area contributed by atoms with Gasteiger partial charge in [-0.15, -0.1) is 0 Å². The second-order valence-electron chi connectivity index (χ2n) is 4.10. The van der Waals surface area contributed by atoms with Crippen LogP contribution in [-0.2, 0) is 0 Å². The van der Waals surface area contributed by atoms with Gasteiger partial charge in [0.2, 0.25) is 0 Å². The number of likely N-dealkylation sites (N-methyl/N-ethyl adjacent to an activating group) is 1. The Balaban J connectivity index is 2.12. The molecule has 2 nitrogen and oxygen atoms in total. The molecule has 0 amide bonds. The molecule has 1 aromatic rings. The summed E-state index contributed by atoms with van der Waals surface area (Å²) >= 11 is 0. The number of nitrogens with zero attached hydrogens (tertiary/aromatic N) is 1. The lowest BCUT2D eigenvalue weighted by Crippen LogP contribution is -2.37. The first kappa shape index (κ1) is 9.69. The smallest absolute Gasteiger partial charge is 0.0667 e. The molecule has 1 aliphatic heterocycles. The maximum absolute atomic E-state index is 9.50. The SMILES string of the molecule is CN1C[C@@H](O)CC[C@@H]1c1ccccc1. The number of benzene rings is 1. The molecule has 14 heavy (non-hydrogen) atoms. The molecule has 1 fully saturated rings. The van der Waals surface area contributed by atoms with E-state index >= 15 is 0 Å². The number of rotatable bonds is 1. The third-order valence-electron chi connectivity index (χ3n) is 2.99. The Bertz CT molecular complexity index is 286. The molecule has 1 N–H and O–H groups in total. The number of hydrogen-bond donors (Lipinski definition) is 1. The molecule has 0 radical (unpaired) electrons. The van der Waals surface area contributed by atoms with E-state index in [4.69, 9.17) is 0 Å². The number of piperidine rings is 1. The molecule has 1 aromatic carbocycles. The standard InChI is InChI=1S/C12H17NO/c1-13-9-11(14)7-8-12(13)10-5-3-2-4-6-10/h2-6,11-12,14H,7-9H2,1H3/t11-,12+/m0/s1. The Morgan fingerprint density at radius 3 is 2.57 bits per heavy atom. The van der Waals surface area contributed by atoms with Crippen molar-refractivity contribution in [1.82, 2.24) is 4.90 Å². The minimum Gasteiger partial charge on any atom is -0.392 e. The third-order valence-corrected chi connectivity index (χ3v) is 2.99. The topological polar surface area (TPSA) is 23.5 Å². The third kappa shape index (κ3) is 1.97. The van der Waals surface area contributed by atoms with Gasteiger partial charge in [-0.2, -0.15) is 0 Å². The average molecular weight is 191 g/mol. The van der Waals surface area contributed by atoms with E-state index in [9.17, 15) is 5.11 Å². The fourth-order valence-corrected chi connectivity index (χ4v) is 2.22. The lowest BCUT2D eigenvalue weighted by molar-refractivity contribution is 0.0508. The van der Waals surface area contributed by atoms with Crippen molar-refractivity contribution >= 4 is 0 Å². The van der Waals surface area contributed by atoms with Crippen LogP contribution in [0.4, 0.5) is 0 Å². The van der Waals surface area contributed by atoms with Crippen LogP contribution in [0.1, 0.15) is 24.4 Å². The number of hydrogen-bond acceptors (Lipinski definition) is 2. The molecule has 0 bridgehead atoms. The van der Waals surface area contributed by atoms with Gasteiger partial charge in [-0.3, -0.25) is 4.90 Å². The fraction of sp³-hybridized carbons (Fsp3) is 0.500. The molecule has 1 saturated heterocycles. The molecule has 1 heterocycles. The Morgan fingerprint density at radius 2 is 1.93 bits per heavy atom. The van der Waals surface area contributed by atoms with Crippen molar-refractivity contribution in [2.45, 2.75) is 25.0 Å². The molecule has 0 aliphatic carbocycles. The number of β-amino-alcohol motifs (C(OH)–C–C–N with tert-alkyl or cyclic N) is 1. The van der Waals surface area contributed by atoms with Gasteiger partial charge < -0.3 is 5.11 Å². The summed E-state index contributed by atoms with van der Waals surface area (Å²) in [5.41, 5.74) is 1.36. The van der Waals surface area contributed by atoms with E-state index in [0.717, 1.165) is 19.4 Å². The van der Waals surface area contributed by atoms with Gasteiger partial charge >= 0.3 is 0 Å². The molecule has 2 rings (SSSR count). The van der Waals surface area contributed by atoms with E-state index < -0.39 is 0 Å². The average Bonchev–Trinajstić information content (AvgIpc) is 2.19. The summed E-state index contributed by atoms with van der Waals surface area (Å²) < 4.78 is 0. The monoisotopic (exact) mass is 191 g/mol. The van der Waals surface area contributed by atoms with Crippen molar-refractivity contribution in [2.75, 3.05) is 13.6 Å². The Morgan fingerprint density at radius 1 is 1.21 bits per heavy atom. The second kappa shape index (κ2) is 4.11. The zero-order valence-electron chi connectivity index (χ0n) is 8.56. The maximum atomic E-state index is 9.50. The van der Waals surface area contributed by atoms with Crippen molar-refractivity contribution in [3.8, 4) is 0 Å². The minimum atomic E-state index is -0.139. The van der Waals surface area contributed by atoms with Crippen LogP contribution in [-0.4, -0.2) is 29.7 Å².